The fourth-order valence-corrected chi connectivity index (χ4v) is 8.13. The number of hydrogen-bond acceptors (Lipinski definition) is 8. The zero-order chi connectivity index (χ0) is 28.7. The molecule has 4 aliphatic rings. The minimum absolute atomic E-state index is 0.00766. The van der Waals surface area contributed by atoms with Gasteiger partial charge in [-0.15, -0.1) is 0 Å². The van der Waals surface area contributed by atoms with Crippen molar-refractivity contribution in [1.29, 1.82) is 0 Å². The number of fused-ring (bicyclic) bond motifs is 4. The molecule has 0 atom stereocenters. The molecular formula is C28H32Br2Cl2N4O4. The predicted molar refractivity (Wildman–Crippen MR) is 162 cm³/mol. The van der Waals surface area contributed by atoms with Crippen molar-refractivity contribution in [2.24, 2.45) is 11.8 Å². The van der Waals surface area contributed by atoms with Gasteiger partial charge in [-0.05, 0) is 83.2 Å². The molecule has 6 rings (SSSR count). The summed E-state index contributed by atoms with van der Waals surface area (Å²) in [5.74, 6) is 1.63. The first-order valence-electron chi connectivity index (χ1n) is 13.5. The molecule has 2 aromatic heterocycles. The Hall–Kier alpha value is -1.62. The number of rotatable bonds is 2. The van der Waals surface area contributed by atoms with Crippen LogP contribution in [-0.4, -0.2) is 49.2 Å². The molecule has 4 heterocycles. The van der Waals surface area contributed by atoms with Crippen molar-refractivity contribution >= 4 is 78.6 Å². The van der Waals surface area contributed by atoms with E-state index in [1.54, 1.807) is 12.4 Å². The van der Waals surface area contributed by atoms with Gasteiger partial charge in [0.1, 0.15) is 11.6 Å². The lowest BCUT2D eigenvalue weighted by Gasteiger charge is -2.36. The third-order valence-corrected chi connectivity index (χ3v) is 11.6. The summed E-state index contributed by atoms with van der Waals surface area (Å²) >= 11 is 19.8. The Morgan fingerprint density at radius 1 is 0.775 bits per heavy atom. The number of pyridine rings is 2. The highest BCUT2D eigenvalue weighted by atomic mass is 79.9. The monoisotopic (exact) mass is 716 g/mol. The maximum Gasteiger partial charge on any atom is 0.308 e. The summed E-state index contributed by atoms with van der Waals surface area (Å²) in [4.78, 5) is 32.1. The highest BCUT2D eigenvalue weighted by Gasteiger charge is 2.47. The van der Waals surface area contributed by atoms with Crippen LogP contribution in [0.15, 0.2) is 21.3 Å². The van der Waals surface area contributed by atoms with Crippen LogP contribution in [0.2, 0.25) is 10.0 Å². The van der Waals surface area contributed by atoms with E-state index in [0.29, 0.717) is 0 Å². The van der Waals surface area contributed by atoms with Crippen LogP contribution in [-0.2, 0) is 29.9 Å². The number of esters is 2. The average Bonchev–Trinajstić information content (AvgIpc) is 3.52. The van der Waals surface area contributed by atoms with E-state index in [2.05, 4.69) is 52.5 Å². The highest BCUT2D eigenvalue weighted by Crippen LogP contribution is 2.52. The Balaban J connectivity index is 0.000000161. The van der Waals surface area contributed by atoms with Crippen molar-refractivity contribution in [2.45, 2.75) is 62.2 Å². The molecule has 0 radical (unpaired) electrons. The Bertz CT molecular complexity index is 1210. The van der Waals surface area contributed by atoms with Crippen LogP contribution in [0, 0.1) is 11.8 Å². The number of halogens is 4. The summed E-state index contributed by atoms with van der Waals surface area (Å²) in [6.45, 7) is 1.69. The van der Waals surface area contributed by atoms with Gasteiger partial charge in [0.15, 0.2) is 0 Å². The molecule has 2 aliphatic carbocycles. The van der Waals surface area contributed by atoms with Gasteiger partial charge in [-0.2, -0.15) is 0 Å². The zero-order valence-corrected chi connectivity index (χ0v) is 27.1. The lowest BCUT2D eigenvalue weighted by Crippen LogP contribution is -2.36. The summed E-state index contributed by atoms with van der Waals surface area (Å²) in [6.07, 6.45) is 10.6. The van der Waals surface area contributed by atoms with E-state index < -0.39 is 0 Å². The van der Waals surface area contributed by atoms with E-state index in [0.717, 1.165) is 106 Å². The van der Waals surface area contributed by atoms with Gasteiger partial charge in [0.2, 0.25) is 0 Å². The van der Waals surface area contributed by atoms with Gasteiger partial charge in [0, 0.05) is 47.4 Å². The van der Waals surface area contributed by atoms with Crippen molar-refractivity contribution in [2.75, 3.05) is 37.9 Å². The van der Waals surface area contributed by atoms with Crippen LogP contribution in [0.25, 0.3) is 0 Å². The number of methoxy groups -OCH3 is 2. The lowest BCUT2D eigenvalue weighted by molar-refractivity contribution is -0.147. The molecule has 2 saturated carbocycles. The van der Waals surface area contributed by atoms with Crippen molar-refractivity contribution in [3.8, 4) is 0 Å². The molecule has 12 heteroatoms. The lowest BCUT2D eigenvalue weighted by atomic mass is 9.68. The first-order valence-corrected chi connectivity index (χ1v) is 15.8. The summed E-state index contributed by atoms with van der Waals surface area (Å²) in [5, 5.41) is 8.20. The summed E-state index contributed by atoms with van der Waals surface area (Å²) < 4.78 is 11.4. The normalized spacial score (nSPS) is 28.1. The first-order chi connectivity index (χ1) is 19.1. The molecule has 0 bridgehead atoms. The standard InChI is InChI=1S/2C14H16BrClN2O2/c2*1-20-13(19)8-2-4-14(5-3-8)7-18-12-10(14)11(16)9(15)6-17-12/h2*6,8H,2-5,7H2,1H3,(H,17,18). The molecule has 2 aromatic rings. The number of hydrogen-bond donors (Lipinski definition) is 2. The third kappa shape index (κ3) is 5.34. The second-order valence-corrected chi connectivity index (χ2v) is 13.6. The third-order valence-electron chi connectivity index (χ3n) is 9.15. The number of nitrogens with zero attached hydrogens (tertiary/aromatic N) is 2. The SMILES string of the molecule is COC(=O)C1CCC2(CC1)CNc1ncc(Br)c(Cl)c12.COC(=O)C1CCC2(CC1)CNc1ncc(Br)c(Cl)c12. The Morgan fingerprint density at radius 3 is 1.45 bits per heavy atom. The fraction of sp³-hybridized carbons (Fsp3) is 0.571. The minimum Gasteiger partial charge on any atom is -0.469 e. The van der Waals surface area contributed by atoms with Gasteiger partial charge in [0.05, 0.1) is 45.0 Å². The fourth-order valence-electron chi connectivity index (χ4n) is 6.85. The van der Waals surface area contributed by atoms with Gasteiger partial charge in [0.25, 0.3) is 0 Å². The van der Waals surface area contributed by atoms with Crippen molar-refractivity contribution in [1.82, 2.24) is 9.97 Å². The molecule has 216 valence electrons. The zero-order valence-electron chi connectivity index (χ0n) is 22.4. The smallest absolute Gasteiger partial charge is 0.308 e. The topological polar surface area (TPSA) is 102 Å². The molecule has 2 aliphatic heterocycles. The molecule has 2 spiro atoms. The molecule has 8 nitrogen and oxygen atoms in total. The van der Waals surface area contributed by atoms with Crippen LogP contribution in [0.3, 0.4) is 0 Å². The Morgan fingerprint density at radius 2 is 1.12 bits per heavy atom. The number of anilines is 2. The number of carbonyl (C=O) groups excluding carboxylic acids is 2. The van der Waals surface area contributed by atoms with Crippen LogP contribution >= 0.6 is 55.1 Å². The first kappa shape index (κ1) is 29.9. The van der Waals surface area contributed by atoms with E-state index in [1.807, 2.05) is 0 Å². The van der Waals surface area contributed by atoms with Crippen LogP contribution in [0.4, 0.5) is 11.6 Å². The Labute approximate surface area is 260 Å². The maximum absolute atomic E-state index is 11.7. The Kier molecular flexibility index (Phi) is 8.91. The van der Waals surface area contributed by atoms with Crippen molar-refractivity contribution < 1.29 is 19.1 Å². The number of aromatic nitrogens is 2. The average molecular weight is 719 g/mol. The van der Waals surface area contributed by atoms with E-state index in [-0.39, 0.29) is 34.6 Å². The second kappa shape index (κ2) is 11.9. The van der Waals surface area contributed by atoms with Gasteiger partial charge in [-0.3, -0.25) is 9.59 Å². The van der Waals surface area contributed by atoms with Crippen LogP contribution in [0.5, 0.6) is 0 Å². The molecule has 0 saturated heterocycles. The van der Waals surface area contributed by atoms with E-state index in [4.69, 9.17) is 32.7 Å². The van der Waals surface area contributed by atoms with Gasteiger partial charge >= 0.3 is 11.9 Å². The number of carbonyl (C=O) groups is 2. The minimum atomic E-state index is -0.0931. The van der Waals surface area contributed by atoms with E-state index >= 15 is 0 Å². The number of nitrogens with one attached hydrogen (secondary N) is 2. The van der Waals surface area contributed by atoms with Crippen LogP contribution in [0.1, 0.15) is 62.5 Å². The quantitative estimate of drug-likeness (QED) is 0.319. The van der Waals surface area contributed by atoms with Gasteiger partial charge in [-0.25, -0.2) is 9.97 Å². The molecule has 0 aromatic carbocycles. The van der Waals surface area contributed by atoms with Crippen molar-refractivity contribution in [3.63, 3.8) is 0 Å². The van der Waals surface area contributed by atoms with Crippen LogP contribution < -0.4 is 10.6 Å². The predicted octanol–water partition coefficient (Wildman–Crippen LogP) is 7.05. The van der Waals surface area contributed by atoms with E-state index in [9.17, 15) is 9.59 Å². The summed E-state index contributed by atoms with van der Waals surface area (Å²) in [7, 11) is 2.91. The van der Waals surface area contributed by atoms with Gasteiger partial charge in [-0.1, -0.05) is 23.2 Å². The highest BCUT2D eigenvalue weighted by molar-refractivity contribution is 9.10. The molecule has 2 N–H and O–H groups in total. The largest absolute Gasteiger partial charge is 0.469 e. The second-order valence-electron chi connectivity index (χ2n) is 11.2. The van der Waals surface area contributed by atoms with Crippen molar-refractivity contribution in [3.05, 3.63) is 42.5 Å². The molecule has 40 heavy (non-hydrogen) atoms. The van der Waals surface area contributed by atoms with E-state index in [1.165, 1.54) is 14.2 Å². The molecular weight excluding hydrogens is 687 g/mol. The summed E-state index contributed by atoms with van der Waals surface area (Å²) in [6, 6.07) is 0. The maximum atomic E-state index is 11.7. The number of ether oxygens (including phenoxy) is 2. The van der Waals surface area contributed by atoms with Gasteiger partial charge < -0.3 is 20.1 Å². The molecule has 2 fully saturated rings. The molecule has 0 amide bonds. The molecule has 0 unspecified atom stereocenters. The summed E-state index contributed by atoms with van der Waals surface area (Å²) in [5.41, 5.74) is 2.23.